The van der Waals surface area contributed by atoms with Gasteiger partial charge in [0.1, 0.15) is 0 Å². The molecule has 1 N–H and O–H groups in total. The van der Waals surface area contributed by atoms with Crippen LogP contribution in [0.4, 0.5) is 5.69 Å². The highest BCUT2D eigenvalue weighted by Crippen LogP contribution is 2.25. The molecule has 2 nitrogen and oxygen atoms in total. The summed E-state index contributed by atoms with van der Waals surface area (Å²) in [7, 11) is 0. The van der Waals surface area contributed by atoms with Gasteiger partial charge in [-0.3, -0.25) is 0 Å². The Kier molecular flexibility index (Phi) is 2.20. The van der Waals surface area contributed by atoms with Gasteiger partial charge >= 0.3 is 0 Å². The minimum atomic E-state index is -0.269. The molecule has 0 aromatic heterocycles. The van der Waals surface area contributed by atoms with Crippen molar-refractivity contribution in [3.8, 4) is 0 Å². The molecule has 0 bridgehead atoms. The number of nitrogens with one attached hydrogen (secondary N) is 1. The Morgan fingerprint density at radius 3 is 2.57 bits per heavy atom. The van der Waals surface area contributed by atoms with Crippen LogP contribution in [-0.4, -0.2) is 5.72 Å². The Balaban J connectivity index is 2.07. The van der Waals surface area contributed by atoms with Crippen molar-refractivity contribution in [2.45, 2.75) is 26.0 Å². The topological polar surface area (TPSA) is 21.3 Å². The van der Waals surface area contributed by atoms with Gasteiger partial charge in [-0.2, -0.15) is 0 Å². The van der Waals surface area contributed by atoms with Gasteiger partial charge in [0.05, 0.1) is 6.26 Å². The van der Waals surface area contributed by atoms with Gasteiger partial charge in [-0.15, -0.1) is 0 Å². The SMILES string of the molecule is Cc1ccc(NC2(C)CC=CO2)cc1. The average molecular weight is 189 g/mol. The number of anilines is 1. The van der Waals surface area contributed by atoms with Crippen LogP contribution in [0.25, 0.3) is 0 Å². The van der Waals surface area contributed by atoms with Crippen molar-refractivity contribution in [1.29, 1.82) is 0 Å². The molecule has 1 heterocycles. The van der Waals surface area contributed by atoms with E-state index in [-0.39, 0.29) is 5.72 Å². The van der Waals surface area contributed by atoms with Gasteiger partial charge in [0, 0.05) is 12.1 Å². The Bertz CT molecular complexity index is 332. The van der Waals surface area contributed by atoms with Crippen LogP contribution >= 0.6 is 0 Å². The molecule has 1 aliphatic rings. The Morgan fingerprint density at radius 1 is 1.29 bits per heavy atom. The van der Waals surface area contributed by atoms with E-state index < -0.39 is 0 Å². The van der Waals surface area contributed by atoms with Crippen molar-refractivity contribution < 1.29 is 4.74 Å². The summed E-state index contributed by atoms with van der Waals surface area (Å²) in [5.74, 6) is 0. The summed E-state index contributed by atoms with van der Waals surface area (Å²) in [5.41, 5.74) is 2.10. The van der Waals surface area contributed by atoms with E-state index in [0.717, 1.165) is 12.1 Å². The van der Waals surface area contributed by atoms with E-state index in [1.807, 2.05) is 13.0 Å². The lowest BCUT2D eigenvalue weighted by atomic mass is 10.1. The number of hydrogen-bond donors (Lipinski definition) is 1. The second-order valence-corrected chi connectivity index (χ2v) is 3.92. The highest BCUT2D eigenvalue weighted by molar-refractivity contribution is 5.46. The van der Waals surface area contributed by atoms with Gasteiger partial charge in [0.15, 0.2) is 5.72 Å². The average Bonchev–Trinajstić information content (AvgIpc) is 2.57. The van der Waals surface area contributed by atoms with Gasteiger partial charge in [-0.1, -0.05) is 17.7 Å². The van der Waals surface area contributed by atoms with Crippen LogP contribution in [0.1, 0.15) is 18.9 Å². The maximum Gasteiger partial charge on any atom is 0.180 e. The third kappa shape index (κ3) is 1.90. The Morgan fingerprint density at radius 2 is 2.00 bits per heavy atom. The van der Waals surface area contributed by atoms with Crippen LogP contribution in [0.2, 0.25) is 0 Å². The molecule has 1 atom stereocenters. The van der Waals surface area contributed by atoms with E-state index in [4.69, 9.17) is 4.74 Å². The first-order valence-corrected chi connectivity index (χ1v) is 4.86. The fourth-order valence-corrected chi connectivity index (χ4v) is 1.54. The number of rotatable bonds is 2. The summed E-state index contributed by atoms with van der Waals surface area (Å²) in [6, 6.07) is 8.33. The van der Waals surface area contributed by atoms with E-state index in [9.17, 15) is 0 Å². The van der Waals surface area contributed by atoms with Crippen molar-refractivity contribution in [3.63, 3.8) is 0 Å². The van der Waals surface area contributed by atoms with E-state index in [2.05, 4.69) is 36.5 Å². The standard InChI is InChI=1S/C12H15NO/c1-10-4-6-11(7-5-10)13-12(2)8-3-9-14-12/h3-7,9,13H,8H2,1-2H3. The lowest BCUT2D eigenvalue weighted by molar-refractivity contribution is 0.0921. The van der Waals surface area contributed by atoms with Gasteiger partial charge in [0.25, 0.3) is 0 Å². The van der Waals surface area contributed by atoms with E-state index >= 15 is 0 Å². The second-order valence-electron chi connectivity index (χ2n) is 3.92. The predicted molar refractivity (Wildman–Crippen MR) is 58.0 cm³/mol. The van der Waals surface area contributed by atoms with Crippen molar-refractivity contribution in [3.05, 3.63) is 42.2 Å². The molecule has 14 heavy (non-hydrogen) atoms. The van der Waals surface area contributed by atoms with Gasteiger partial charge in [0.2, 0.25) is 0 Å². The number of hydrogen-bond acceptors (Lipinski definition) is 2. The summed E-state index contributed by atoms with van der Waals surface area (Å²) < 4.78 is 5.48. The summed E-state index contributed by atoms with van der Waals surface area (Å²) >= 11 is 0. The Hall–Kier alpha value is -1.44. The fourth-order valence-electron chi connectivity index (χ4n) is 1.54. The van der Waals surface area contributed by atoms with Crippen LogP contribution in [0.15, 0.2) is 36.6 Å². The van der Waals surface area contributed by atoms with Gasteiger partial charge in [-0.25, -0.2) is 0 Å². The van der Waals surface area contributed by atoms with Crippen molar-refractivity contribution in [2.75, 3.05) is 5.32 Å². The van der Waals surface area contributed by atoms with E-state index in [1.165, 1.54) is 5.56 Å². The third-order valence-corrected chi connectivity index (χ3v) is 2.39. The van der Waals surface area contributed by atoms with Crippen LogP contribution < -0.4 is 5.32 Å². The fraction of sp³-hybridized carbons (Fsp3) is 0.333. The highest BCUT2D eigenvalue weighted by atomic mass is 16.5. The summed E-state index contributed by atoms with van der Waals surface area (Å²) in [6.07, 6.45) is 4.68. The molecule has 2 heteroatoms. The van der Waals surface area contributed by atoms with Crippen molar-refractivity contribution in [2.24, 2.45) is 0 Å². The van der Waals surface area contributed by atoms with Gasteiger partial charge < -0.3 is 10.1 Å². The van der Waals surface area contributed by atoms with E-state index in [1.54, 1.807) is 6.26 Å². The number of aryl methyl sites for hydroxylation is 1. The molecule has 1 aliphatic heterocycles. The first-order chi connectivity index (χ1) is 6.68. The van der Waals surface area contributed by atoms with Crippen LogP contribution in [-0.2, 0) is 4.74 Å². The molecule has 0 saturated heterocycles. The van der Waals surface area contributed by atoms with Crippen molar-refractivity contribution in [1.82, 2.24) is 0 Å². The zero-order valence-corrected chi connectivity index (χ0v) is 8.58. The molecule has 1 aromatic carbocycles. The van der Waals surface area contributed by atoms with Crippen LogP contribution in [0.5, 0.6) is 0 Å². The normalized spacial score (nSPS) is 24.7. The highest BCUT2D eigenvalue weighted by Gasteiger charge is 2.26. The molecule has 0 saturated carbocycles. The second kappa shape index (κ2) is 3.37. The maximum absolute atomic E-state index is 5.48. The number of benzene rings is 1. The summed E-state index contributed by atoms with van der Waals surface area (Å²) in [5, 5.41) is 3.36. The zero-order valence-electron chi connectivity index (χ0n) is 8.58. The monoisotopic (exact) mass is 189 g/mol. The minimum Gasteiger partial charge on any atom is -0.476 e. The van der Waals surface area contributed by atoms with Crippen molar-refractivity contribution >= 4 is 5.69 Å². The first kappa shape index (κ1) is 9.13. The summed E-state index contributed by atoms with van der Waals surface area (Å²) in [6.45, 7) is 4.13. The molecule has 74 valence electrons. The molecular formula is C12H15NO. The number of ether oxygens (including phenoxy) is 1. The van der Waals surface area contributed by atoms with Gasteiger partial charge in [-0.05, 0) is 32.1 Å². The maximum atomic E-state index is 5.48. The lowest BCUT2D eigenvalue weighted by Gasteiger charge is -2.26. The molecule has 1 unspecified atom stereocenters. The predicted octanol–water partition coefficient (Wildman–Crippen LogP) is 3.06. The minimum absolute atomic E-state index is 0.269. The van der Waals surface area contributed by atoms with E-state index in [0.29, 0.717) is 0 Å². The first-order valence-electron chi connectivity index (χ1n) is 4.86. The molecule has 0 fully saturated rings. The third-order valence-electron chi connectivity index (χ3n) is 2.39. The molecular weight excluding hydrogens is 174 g/mol. The summed E-state index contributed by atoms with van der Waals surface area (Å²) in [4.78, 5) is 0. The largest absolute Gasteiger partial charge is 0.476 e. The quantitative estimate of drug-likeness (QED) is 0.772. The molecule has 0 radical (unpaired) electrons. The molecule has 0 aliphatic carbocycles. The smallest absolute Gasteiger partial charge is 0.180 e. The zero-order chi connectivity index (χ0) is 10.0. The molecule has 1 aromatic rings. The van der Waals surface area contributed by atoms with Crippen LogP contribution in [0, 0.1) is 6.92 Å². The lowest BCUT2D eigenvalue weighted by Crippen LogP contribution is -2.33. The molecule has 0 amide bonds. The molecule has 0 spiro atoms. The molecule has 2 rings (SSSR count). The van der Waals surface area contributed by atoms with Crippen LogP contribution in [0.3, 0.4) is 0 Å². The Labute approximate surface area is 84.6 Å².